The number of carbonyl (C=O) groups excluding carboxylic acids is 1. The van der Waals surface area contributed by atoms with Crippen LogP contribution in [-0.4, -0.2) is 37.8 Å². The second kappa shape index (κ2) is 9.49. The number of halogens is 2. The number of phenolic OH excluding ortho intramolecular Hbond substituents is 1. The molecule has 0 heterocycles. The highest BCUT2D eigenvalue weighted by molar-refractivity contribution is 9.10. The number of hydrogen-bond acceptors (Lipinski definition) is 5. The van der Waals surface area contributed by atoms with E-state index < -0.39 is 31.6 Å². The molecule has 1 aromatic carbocycles. The summed E-state index contributed by atoms with van der Waals surface area (Å²) in [4.78, 5) is 22.4. The van der Waals surface area contributed by atoms with E-state index >= 15 is 0 Å². The van der Waals surface area contributed by atoms with Gasteiger partial charge in [-0.1, -0.05) is 32.4 Å². The fraction of sp³-hybridized carbons (Fsp3) is 0.611. The third-order valence-electron chi connectivity index (χ3n) is 5.21. The number of carbonyl (C=O) groups is 1. The fourth-order valence-electron chi connectivity index (χ4n) is 2.52. The molecule has 1 N–H and O–H groups in total. The first kappa shape index (κ1) is 24.1. The van der Waals surface area contributed by atoms with E-state index in [1.165, 1.54) is 12.1 Å². The Balaban J connectivity index is 3.08. The molecule has 0 aliphatic rings. The Hall–Kier alpha value is -0.963. The summed E-state index contributed by atoms with van der Waals surface area (Å²) in [5, 5.41) is 21.9. The van der Waals surface area contributed by atoms with Gasteiger partial charge in [0.15, 0.2) is 8.32 Å². The van der Waals surface area contributed by atoms with Gasteiger partial charge in [0.2, 0.25) is 6.54 Å². The van der Waals surface area contributed by atoms with Crippen LogP contribution in [0, 0.1) is 16.0 Å². The molecule has 152 valence electrons. The number of phenols is 1. The molecule has 0 aliphatic heterocycles. The summed E-state index contributed by atoms with van der Waals surface area (Å²) in [6.07, 6.45) is 1.04. The van der Waals surface area contributed by atoms with Crippen molar-refractivity contribution in [3.63, 3.8) is 0 Å². The molecule has 0 aliphatic carbocycles. The van der Waals surface area contributed by atoms with Gasteiger partial charge in [-0.3, -0.25) is 10.1 Å². The van der Waals surface area contributed by atoms with E-state index in [4.69, 9.17) is 16.0 Å². The molecule has 2 unspecified atom stereocenters. The number of rotatable bonds is 9. The van der Waals surface area contributed by atoms with Gasteiger partial charge in [0.1, 0.15) is 12.0 Å². The van der Waals surface area contributed by atoms with E-state index in [9.17, 15) is 20.0 Å². The van der Waals surface area contributed by atoms with Gasteiger partial charge in [-0.15, -0.1) is 0 Å². The Labute approximate surface area is 174 Å². The highest BCUT2D eigenvalue weighted by Crippen LogP contribution is 2.40. The van der Waals surface area contributed by atoms with Crippen LogP contribution in [0.15, 0.2) is 16.6 Å². The van der Waals surface area contributed by atoms with Crippen molar-refractivity contribution in [3.05, 3.63) is 37.3 Å². The Morgan fingerprint density at radius 2 is 2.00 bits per heavy atom. The zero-order valence-electron chi connectivity index (χ0n) is 16.3. The first-order valence-electron chi connectivity index (χ1n) is 8.69. The minimum absolute atomic E-state index is 0.0278. The van der Waals surface area contributed by atoms with Gasteiger partial charge < -0.3 is 14.3 Å². The molecular formula is C18H27BrClNO5Si. The smallest absolute Gasteiger partial charge is 0.211 e. The van der Waals surface area contributed by atoms with Gasteiger partial charge in [0.05, 0.1) is 10.4 Å². The van der Waals surface area contributed by atoms with Gasteiger partial charge in [-0.05, 0) is 52.6 Å². The number of nitro groups is 1. The number of aldehydes is 1. The van der Waals surface area contributed by atoms with Crippen molar-refractivity contribution in [3.8, 4) is 5.75 Å². The predicted octanol–water partition coefficient (Wildman–Crippen LogP) is 5.40. The second-order valence-electron chi connectivity index (χ2n) is 8.14. The lowest BCUT2D eigenvalue weighted by Gasteiger charge is -2.36. The molecule has 0 saturated heterocycles. The Kier molecular flexibility index (Phi) is 8.46. The zero-order valence-corrected chi connectivity index (χ0v) is 19.6. The topological polar surface area (TPSA) is 89.7 Å². The summed E-state index contributed by atoms with van der Waals surface area (Å²) in [6, 6.07) is 2.97. The molecule has 27 heavy (non-hydrogen) atoms. The lowest BCUT2D eigenvalue weighted by atomic mass is 9.84. The van der Waals surface area contributed by atoms with Gasteiger partial charge >= 0.3 is 0 Å². The Bertz CT molecular complexity index is 693. The van der Waals surface area contributed by atoms with Crippen molar-refractivity contribution in [1.82, 2.24) is 0 Å². The average molecular weight is 481 g/mol. The van der Waals surface area contributed by atoms with Crippen LogP contribution in [0.4, 0.5) is 0 Å². The first-order chi connectivity index (χ1) is 12.3. The highest BCUT2D eigenvalue weighted by Gasteiger charge is 2.38. The van der Waals surface area contributed by atoms with Crippen LogP contribution in [-0.2, 0) is 9.22 Å². The molecule has 1 aromatic rings. The number of aromatic hydroxyl groups is 1. The molecule has 1 rings (SSSR count). The van der Waals surface area contributed by atoms with Crippen LogP contribution in [0.25, 0.3) is 0 Å². The van der Waals surface area contributed by atoms with Crippen molar-refractivity contribution in [1.29, 1.82) is 0 Å². The monoisotopic (exact) mass is 479 g/mol. The molecule has 0 saturated carbocycles. The second-order valence-corrected chi connectivity index (χ2v) is 14.2. The van der Waals surface area contributed by atoms with Crippen LogP contribution in [0.5, 0.6) is 5.75 Å². The van der Waals surface area contributed by atoms with E-state index in [0.717, 1.165) is 0 Å². The third kappa shape index (κ3) is 6.55. The zero-order chi connectivity index (χ0) is 21.0. The van der Waals surface area contributed by atoms with Crippen molar-refractivity contribution in [2.24, 2.45) is 5.92 Å². The molecule has 0 amide bonds. The van der Waals surface area contributed by atoms with Gasteiger partial charge in [-0.25, -0.2) is 0 Å². The average Bonchev–Trinajstić information content (AvgIpc) is 2.52. The van der Waals surface area contributed by atoms with Gasteiger partial charge in [0, 0.05) is 28.0 Å². The largest absolute Gasteiger partial charge is 0.506 e. The fourth-order valence-corrected chi connectivity index (χ4v) is 4.42. The Morgan fingerprint density at radius 3 is 2.48 bits per heavy atom. The third-order valence-corrected chi connectivity index (χ3v) is 10.6. The molecular weight excluding hydrogens is 454 g/mol. The molecule has 0 fully saturated rings. The van der Waals surface area contributed by atoms with E-state index in [1.54, 1.807) is 0 Å². The number of nitrogens with zero attached hydrogens (tertiary/aromatic N) is 1. The standard InChI is InChI=1S/C18H27BrClNO5Si/c1-18(2,3)27(4,5)26-7-6-12(11-22)15(10-21(24)25)14-8-13(20)9-16(19)17(14)23/h8-9,11-12,15,23H,6-7,10H2,1-5H3. The minimum Gasteiger partial charge on any atom is -0.506 e. The molecule has 9 heteroatoms. The summed E-state index contributed by atoms with van der Waals surface area (Å²) in [5.41, 5.74) is 0.288. The van der Waals surface area contributed by atoms with Crippen LogP contribution in [0.2, 0.25) is 23.2 Å². The van der Waals surface area contributed by atoms with Crippen molar-refractivity contribution in [2.45, 2.75) is 51.2 Å². The van der Waals surface area contributed by atoms with Crippen LogP contribution >= 0.6 is 27.5 Å². The van der Waals surface area contributed by atoms with Crippen LogP contribution in [0.3, 0.4) is 0 Å². The van der Waals surface area contributed by atoms with E-state index in [2.05, 4.69) is 49.8 Å². The molecule has 2 atom stereocenters. The van der Waals surface area contributed by atoms with E-state index in [-0.39, 0.29) is 16.4 Å². The maximum Gasteiger partial charge on any atom is 0.211 e. The summed E-state index contributed by atoms with van der Waals surface area (Å²) in [7, 11) is -1.99. The maximum absolute atomic E-state index is 11.7. The predicted molar refractivity (Wildman–Crippen MR) is 113 cm³/mol. The molecule has 0 spiro atoms. The SMILES string of the molecule is CC(C)(C)[Si](C)(C)OCCC(C=O)C(C[N+](=O)[O-])c1cc(Cl)cc(Br)c1O. The highest BCUT2D eigenvalue weighted by atomic mass is 79.9. The minimum atomic E-state index is -1.99. The van der Waals surface area contributed by atoms with Gasteiger partial charge in [0.25, 0.3) is 0 Å². The summed E-state index contributed by atoms with van der Waals surface area (Å²) >= 11 is 9.24. The van der Waals surface area contributed by atoms with Crippen LogP contribution < -0.4 is 0 Å². The first-order valence-corrected chi connectivity index (χ1v) is 12.8. The normalized spacial score (nSPS) is 14.6. The lowest BCUT2D eigenvalue weighted by Crippen LogP contribution is -2.41. The maximum atomic E-state index is 11.7. The van der Waals surface area contributed by atoms with Crippen molar-refractivity contribution < 1.29 is 19.3 Å². The van der Waals surface area contributed by atoms with Crippen molar-refractivity contribution >= 4 is 42.1 Å². The molecule has 0 aromatic heterocycles. The number of hydrogen-bond donors (Lipinski definition) is 1. The summed E-state index contributed by atoms with van der Waals surface area (Å²) in [5.74, 6) is -1.60. The number of benzene rings is 1. The van der Waals surface area contributed by atoms with E-state index in [1.807, 2.05) is 0 Å². The van der Waals surface area contributed by atoms with Crippen LogP contribution in [0.1, 0.15) is 38.7 Å². The van der Waals surface area contributed by atoms with E-state index in [0.29, 0.717) is 28.8 Å². The summed E-state index contributed by atoms with van der Waals surface area (Å²) in [6.45, 7) is 10.4. The quantitative estimate of drug-likeness (QED) is 0.221. The van der Waals surface area contributed by atoms with Gasteiger partial charge in [-0.2, -0.15) is 0 Å². The molecule has 0 radical (unpaired) electrons. The Morgan fingerprint density at radius 1 is 1.41 bits per heavy atom. The molecule has 6 nitrogen and oxygen atoms in total. The lowest BCUT2D eigenvalue weighted by molar-refractivity contribution is -0.484. The van der Waals surface area contributed by atoms with Crippen molar-refractivity contribution in [2.75, 3.05) is 13.2 Å². The summed E-state index contributed by atoms with van der Waals surface area (Å²) < 4.78 is 6.44. The molecule has 0 bridgehead atoms.